The summed E-state index contributed by atoms with van der Waals surface area (Å²) < 4.78 is 0. The van der Waals surface area contributed by atoms with Crippen molar-refractivity contribution in [1.82, 2.24) is 10.6 Å². The van der Waals surface area contributed by atoms with Gasteiger partial charge in [-0.3, -0.25) is 0 Å². The first kappa shape index (κ1) is 5.98. The molecule has 0 saturated heterocycles. The molecule has 0 fully saturated rings. The molecule has 2 rings (SSSR count). The molecule has 53 valence electrons. The summed E-state index contributed by atoms with van der Waals surface area (Å²) in [5.41, 5.74) is 2.80. The molecule has 0 bridgehead atoms. The number of nitrogens with one attached hydrogen (secondary N) is 1. The van der Waals surface area contributed by atoms with Gasteiger partial charge in [-0.05, 0) is 24.5 Å². The summed E-state index contributed by atoms with van der Waals surface area (Å²) in [6.45, 7) is 1.75. The predicted molar refractivity (Wildman–Crippen MR) is 40.4 cm³/mol. The van der Waals surface area contributed by atoms with Gasteiger partial charge in [-0.15, -0.1) is 0 Å². The monoisotopic (exact) mass is 135 g/mol. The van der Waals surface area contributed by atoms with Gasteiger partial charge in [0.2, 0.25) is 0 Å². The Kier molecular flexibility index (Phi) is 1.47. The van der Waals surface area contributed by atoms with E-state index in [1.54, 1.807) is 0 Å². The number of allylic oxidation sites excluding steroid dienone is 2. The second-order valence-corrected chi connectivity index (χ2v) is 2.67. The first-order chi connectivity index (χ1) is 4.97. The lowest BCUT2D eigenvalue weighted by Gasteiger charge is -2.22. The Hall–Kier alpha value is -0.760. The van der Waals surface area contributed by atoms with Crippen LogP contribution in [0, 0.1) is 0 Å². The zero-order valence-corrected chi connectivity index (χ0v) is 5.93. The zero-order chi connectivity index (χ0) is 6.81. The number of rotatable bonds is 0. The molecule has 1 aliphatic carbocycles. The molecule has 0 unspecified atom stereocenters. The predicted octanol–water partition coefficient (Wildman–Crippen LogP) is 0.756. The molecule has 2 nitrogen and oxygen atoms in total. The standard InChI is InChI=1S/C8H11N2/c1-2-4-8-7(3-1)5-9-6-10-8/h2,4,10H,1,3,5-6H2. The van der Waals surface area contributed by atoms with E-state index in [9.17, 15) is 0 Å². The molecule has 0 atom stereocenters. The highest BCUT2D eigenvalue weighted by Gasteiger charge is 2.11. The van der Waals surface area contributed by atoms with Crippen LogP contribution in [-0.4, -0.2) is 13.2 Å². The molecule has 1 radical (unpaired) electrons. The lowest BCUT2D eigenvalue weighted by atomic mass is 10.0. The molecule has 0 saturated carbocycles. The Balaban J connectivity index is 2.23. The minimum absolute atomic E-state index is 0.795. The van der Waals surface area contributed by atoms with E-state index in [1.807, 2.05) is 0 Å². The van der Waals surface area contributed by atoms with E-state index in [0.717, 1.165) is 13.2 Å². The first-order valence-corrected chi connectivity index (χ1v) is 3.72. The van der Waals surface area contributed by atoms with Crippen LogP contribution in [-0.2, 0) is 0 Å². The maximum absolute atomic E-state index is 4.26. The fourth-order valence-corrected chi connectivity index (χ4v) is 1.39. The third-order valence-electron chi connectivity index (χ3n) is 1.96. The van der Waals surface area contributed by atoms with Gasteiger partial charge in [0.15, 0.2) is 0 Å². The van der Waals surface area contributed by atoms with Crippen LogP contribution < -0.4 is 10.6 Å². The van der Waals surface area contributed by atoms with Crippen molar-refractivity contribution < 1.29 is 0 Å². The number of nitrogens with zero attached hydrogens (tertiary/aromatic N) is 1. The topological polar surface area (TPSA) is 26.1 Å². The van der Waals surface area contributed by atoms with E-state index < -0.39 is 0 Å². The van der Waals surface area contributed by atoms with Gasteiger partial charge in [-0.2, -0.15) is 0 Å². The van der Waals surface area contributed by atoms with Crippen LogP contribution in [0.5, 0.6) is 0 Å². The second-order valence-electron chi connectivity index (χ2n) is 2.67. The normalized spacial score (nSPS) is 24.0. The van der Waals surface area contributed by atoms with Gasteiger partial charge in [-0.1, -0.05) is 6.08 Å². The van der Waals surface area contributed by atoms with Crippen LogP contribution in [0.1, 0.15) is 12.8 Å². The van der Waals surface area contributed by atoms with Gasteiger partial charge < -0.3 is 5.32 Å². The Bertz CT molecular complexity index is 191. The Morgan fingerprint density at radius 2 is 2.50 bits per heavy atom. The molecule has 10 heavy (non-hydrogen) atoms. The van der Waals surface area contributed by atoms with Crippen LogP contribution in [0.3, 0.4) is 0 Å². The Morgan fingerprint density at radius 3 is 3.40 bits per heavy atom. The highest BCUT2D eigenvalue weighted by atomic mass is 15.1. The van der Waals surface area contributed by atoms with Crippen LogP contribution in [0.15, 0.2) is 23.4 Å². The average molecular weight is 135 g/mol. The van der Waals surface area contributed by atoms with E-state index in [2.05, 4.69) is 22.8 Å². The maximum Gasteiger partial charge on any atom is 0.0818 e. The van der Waals surface area contributed by atoms with Gasteiger partial charge in [-0.25, -0.2) is 5.32 Å². The maximum atomic E-state index is 4.26. The summed E-state index contributed by atoms with van der Waals surface area (Å²) in [5.74, 6) is 0. The molecule has 1 aliphatic heterocycles. The number of hydrogen-bond donors (Lipinski definition) is 1. The summed E-state index contributed by atoms with van der Waals surface area (Å²) in [6, 6.07) is 0. The fourth-order valence-electron chi connectivity index (χ4n) is 1.39. The van der Waals surface area contributed by atoms with Crippen LogP contribution in [0.2, 0.25) is 0 Å². The van der Waals surface area contributed by atoms with Crippen molar-refractivity contribution in [2.24, 2.45) is 0 Å². The van der Waals surface area contributed by atoms with Gasteiger partial charge in [0.25, 0.3) is 0 Å². The largest absolute Gasteiger partial charge is 0.371 e. The van der Waals surface area contributed by atoms with Crippen molar-refractivity contribution in [2.45, 2.75) is 12.8 Å². The summed E-state index contributed by atoms with van der Waals surface area (Å²) in [6.07, 6.45) is 6.78. The van der Waals surface area contributed by atoms with E-state index in [0.29, 0.717) is 0 Å². The Labute approximate surface area is 61.0 Å². The van der Waals surface area contributed by atoms with Crippen LogP contribution in [0.25, 0.3) is 0 Å². The molecule has 0 aromatic heterocycles. The van der Waals surface area contributed by atoms with Crippen molar-refractivity contribution in [1.29, 1.82) is 0 Å². The first-order valence-electron chi connectivity index (χ1n) is 3.72. The lowest BCUT2D eigenvalue weighted by molar-refractivity contribution is 0.594. The molecule has 0 aromatic carbocycles. The average Bonchev–Trinajstić information content (AvgIpc) is 2.05. The van der Waals surface area contributed by atoms with E-state index in [4.69, 9.17) is 0 Å². The summed E-state index contributed by atoms with van der Waals surface area (Å²) in [7, 11) is 0. The molecule has 1 N–H and O–H groups in total. The quantitative estimate of drug-likeness (QED) is 0.521. The van der Waals surface area contributed by atoms with E-state index in [-0.39, 0.29) is 0 Å². The Morgan fingerprint density at radius 1 is 1.50 bits per heavy atom. The molecule has 0 spiro atoms. The highest BCUT2D eigenvalue weighted by molar-refractivity contribution is 5.30. The minimum Gasteiger partial charge on any atom is -0.371 e. The third-order valence-corrected chi connectivity index (χ3v) is 1.96. The van der Waals surface area contributed by atoms with Crippen molar-refractivity contribution >= 4 is 0 Å². The van der Waals surface area contributed by atoms with Gasteiger partial charge >= 0.3 is 0 Å². The van der Waals surface area contributed by atoms with Crippen molar-refractivity contribution in [2.75, 3.05) is 13.2 Å². The zero-order valence-electron chi connectivity index (χ0n) is 5.93. The van der Waals surface area contributed by atoms with Crippen molar-refractivity contribution in [3.63, 3.8) is 0 Å². The fraction of sp³-hybridized carbons (Fsp3) is 0.500. The molecular formula is C8H11N2. The van der Waals surface area contributed by atoms with E-state index >= 15 is 0 Å². The summed E-state index contributed by atoms with van der Waals surface area (Å²) in [5, 5.41) is 7.51. The number of hydrogen-bond acceptors (Lipinski definition) is 1. The second kappa shape index (κ2) is 2.46. The van der Waals surface area contributed by atoms with Crippen LogP contribution in [0.4, 0.5) is 0 Å². The highest BCUT2D eigenvalue weighted by Crippen LogP contribution is 2.17. The molecule has 0 aromatic rings. The minimum atomic E-state index is 0.795. The van der Waals surface area contributed by atoms with Gasteiger partial charge in [0.1, 0.15) is 0 Å². The van der Waals surface area contributed by atoms with Crippen molar-refractivity contribution in [3.8, 4) is 0 Å². The smallest absolute Gasteiger partial charge is 0.0818 e. The lowest BCUT2D eigenvalue weighted by Crippen LogP contribution is -2.32. The summed E-state index contributed by atoms with van der Waals surface area (Å²) >= 11 is 0. The molecule has 0 amide bonds. The third kappa shape index (κ3) is 0.948. The molecular weight excluding hydrogens is 124 g/mol. The SMILES string of the molecule is C1=CC2=C(CC1)C[N]CN2. The molecule has 2 heteroatoms. The van der Waals surface area contributed by atoms with Gasteiger partial charge in [0, 0.05) is 12.2 Å². The molecule has 1 heterocycles. The molecule has 2 aliphatic rings. The summed E-state index contributed by atoms with van der Waals surface area (Å²) in [4.78, 5) is 0. The van der Waals surface area contributed by atoms with E-state index in [1.165, 1.54) is 24.1 Å². The van der Waals surface area contributed by atoms with Crippen LogP contribution >= 0.6 is 0 Å². The van der Waals surface area contributed by atoms with Gasteiger partial charge in [0.05, 0.1) is 6.67 Å². The van der Waals surface area contributed by atoms with Crippen molar-refractivity contribution in [3.05, 3.63) is 23.4 Å².